The van der Waals surface area contributed by atoms with Crippen LogP contribution in [0.25, 0.3) is 11.1 Å². The summed E-state index contributed by atoms with van der Waals surface area (Å²) in [5, 5.41) is 0. The van der Waals surface area contributed by atoms with E-state index >= 15 is 0 Å². The first-order valence-corrected chi connectivity index (χ1v) is 14.1. The zero-order valence-corrected chi connectivity index (χ0v) is 18.9. The van der Waals surface area contributed by atoms with Gasteiger partial charge in [-0.3, -0.25) is 0 Å². The van der Waals surface area contributed by atoms with Crippen molar-refractivity contribution < 1.29 is 13.7 Å². The highest BCUT2D eigenvalue weighted by molar-refractivity contribution is 7.87. The second-order valence-corrected chi connectivity index (χ2v) is 15.4. The summed E-state index contributed by atoms with van der Waals surface area (Å²) in [6.45, 7) is 6.94. The van der Waals surface area contributed by atoms with E-state index in [0.717, 1.165) is 31.7 Å². The van der Waals surface area contributed by atoms with Gasteiger partial charge in [-0.05, 0) is 52.5 Å². The fourth-order valence-electron chi connectivity index (χ4n) is 2.68. The molecule has 3 rings (SSSR count). The maximum atomic E-state index is 13.4. The van der Waals surface area contributed by atoms with Crippen LogP contribution in [0.2, 0.25) is 19.6 Å². The smallest absolute Gasteiger partial charge is 0.119 e. The molecule has 0 aliphatic heterocycles. The summed E-state index contributed by atoms with van der Waals surface area (Å²) < 4.78 is 26.2. The molecule has 3 aromatic rings. The fourth-order valence-corrected chi connectivity index (χ4v) is 7.51. The molecular weight excluding hydrogens is 392 g/mol. The molecule has 0 saturated carbocycles. The maximum absolute atomic E-state index is 13.4. The van der Waals surface area contributed by atoms with Crippen LogP contribution in [0, 0.1) is 0 Å². The molecule has 2 aromatic carbocycles. The van der Waals surface area contributed by atoms with Gasteiger partial charge in [0.05, 0.1) is 33.1 Å². The van der Waals surface area contributed by atoms with Gasteiger partial charge in [-0.1, -0.05) is 31.8 Å². The SMILES string of the molecule is COc1ccc(S(=O)c2sc([Si](C)(C)C)cc2-c2cccc(OC)c2)cc1. The predicted molar refractivity (Wildman–Crippen MR) is 117 cm³/mol. The van der Waals surface area contributed by atoms with Crippen LogP contribution in [0.4, 0.5) is 0 Å². The third kappa shape index (κ3) is 4.34. The first kappa shape index (κ1) is 19.9. The van der Waals surface area contributed by atoms with Crippen LogP contribution in [-0.4, -0.2) is 26.5 Å². The van der Waals surface area contributed by atoms with Gasteiger partial charge in [-0.25, -0.2) is 4.21 Å². The van der Waals surface area contributed by atoms with E-state index in [9.17, 15) is 4.21 Å². The molecule has 0 amide bonds. The molecule has 0 radical (unpaired) electrons. The summed E-state index contributed by atoms with van der Waals surface area (Å²) in [4.78, 5) is 0.781. The predicted octanol–water partition coefficient (Wildman–Crippen LogP) is 5.14. The van der Waals surface area contributed by atoms with Gasteiger partial charge in [0.15, 0.2) is 0 Å². The Bertz CT molecular complexity index is 956. The number of ether oxygens (including phenoxy) is 2. The zero-order chi connectivity index (χ0) is 19.6. The molecule has 0 saturated heterocycles. The molecule has 3 nitrogen and oxygen atoms in total. The van der Waals surface area contributed by atoms with Crippen molar-refractivity contribution in [3.8, 4) is 22.6 Å². The van der Waals surface area contributed by atoms with Crippen LogP contribution in [0.3, 0.4) is 0 Å². The highest BCUT2D eigenvalue weighted by Crippen LogP contribution is 2.35. The maximum Gasteiger partial charge on any atom is 0.119 e. The quantitative estimate of drug-likeness (QED) is 0.522. The molecule has 0 bridgehead atoms. The summed E-state index contributed by atoms with van der Waals surface area (Å²) >= 11 is 1.68. The Balaban J connectivity index is 2.12. The second-order valence-electron chi connectivity index (χ2n) is 7.24. The van der Waals surface area contributed by atoms with Crippen LogP contribution >= 0.6 is 11.3 Å². The van der Waals surface area contributed by atoms with E-state index in [4.69, 9.17) is 9.47 Å². The highest BCUT2D eigenvalue weighted by Gasteiger charge is 2.25. The van der Waals surface area contributed by atoms with Crippen molar-refractivity contribution in [2.75, 3.05) is 14.2 Å². The average Bonchev–Trinajstić information content (AvgIpc) is 3.13. The Morgan fingerprint density at radius 2 is 1.56 bits per heavy atom. The summed E-state index contributed by atoms with van der Waals surface area (Å²) in [5.41, 5.74) is 2.07. The normalized spacial score (nSPS) is 12.6. The lowest BCUT2D eigenvalue weighted by molar-refractivity contribution is 0.414. The highest BCUT2D eigenvalue weighted by atomic mass is 32.2. The van der Waals surface area contributed by atoms with E-state index < -0.39 is 18.9 Å². The molecule has 1 heterocycles. The minimum atomic E-state index is -1.53. The van der Waals surface area contributed by atoms with Gasteiger partial charge in [0.1, 0.15) is 15.7 Å². The Morgan fingerprint density at radius 3 is 2.15 bits per heavy atom. The van der Waals surface area contributed by atoms with Gasteiger partial charge in [-0.2, -0.15) is 0 Å². The number of thiophene rings is 1. The molecule has 27 heavy (non-hydrogen) atoms. The van der Waals surface area contributed by atoms with Crippen LogP contribution in [0.1, 0.15) is 0 Å². The number of benzene rings is 2. The lowest BCUT2D eigenvalue weighted by Gasteiger charge is -2.12. The number of hydrogen-bond donors (Lipinski definition) is 0. The first-order chi connectivity index (χ1) is 12.8. The molecule has 6 heteroatoms. The minimum absolute atomic E-state index is 0.762. The number of methoxy groups -OCH3 is 2. The van der Waals surface area contributed by atoms with Crippen molar-refractivity contribution >= 4 is 34.7 Å². The van der Waals surface area contributed by atoms with Gasteiger partial charge in [0.25, 0.3) is 0 Å². The third-order valence-electron chi connectivity index (χ3n) is 4.26. The monoisotopic (exact) mass is 416 g/mol. The van der Waals surface area contributed by atoms with Crippen LogP contribution in [0.5, 0.6) is 11.5 Å². The van der Waals surface area contributed by atoms with E-state index in [-0.39, 0.29) is 0 Å². The van der Waals surface area contributed by atoms with Crippen molar-refractivity contribution in [3.63, 3.8) is 0 Å². The van der Waals surface area contributed by atoms with Crippen LogP contribution < -0.4 is 14.0 Å². The van der Waals surface area contributed by atoms with Crippen molar-refractivity contribution in [1.82, 2.24) is 0 Å². The Labute approximate surface area is 168 Å². The molecule has 0 spiro atoms. The van der Waals surface area contributed by atoms with Gasteiger partial charge in [-0.15, -0.1) is 11.3 Å². The van der Waals surface area contributed by atoms with E-state index in [1.54, 1.807) is 25.6 Å². The molecule has 1 aromatic heterocycles. The lowest BCUT2D eigenvalue weighted by Crippen LogP contribution is -2.34. The molecule has 0 aliphatic rings. The minimum Gasteiger partial charge on any atom is -0.497 e. The van der Waals surface area contributed by atoms with E-state index in [1.807, 2.05) is 48.5 Å². The van der Waals surface area contributed by atoms with E-state index in [2.05, 4.69) is 25.7 Å². The molecule has 0 aliphatic carbocycles. The summed E-state index contributed by atoms with van der Waals surface area (Å²) in [6, 6.07) is 17.6. The Kier molecular flexibility index (Phi) is 5.88. The van der Waals surface area contributed by atoms with Crippen LogP contribution in [-0.2, 0) is 10.8 Å². The van der Waals surface area contributed by atoms with E-state index in [0.29, 0.717) is 0 Å². The zero-order valence-electron chi connectivity index (χ0n) is 16.2. The third-order valence-corrected chi connectivity index (χ3v) is 10.7. The van der Waals surface area contributed by atoms with Crippen molar-refractivity contribution in [2.24, 2.45) is 0 Å². The van der Waals surface area contributed by atoms with Crippen LogP contribution in [0.15, 0.2) is 63.7 Å². The standard InChI is InChI=1S/C21H24O3S2Si/c1-23-16-9-11-18(12-10-16)26(22)21-19(14-20(25-21)27(3,4)5)15-7-6-8-17(13-15)24-2/h6-14H,1-5H3. The van der Waals surface area contributed by atoms with Crippen molar-refractivity contribution in [1.29, 1.82) is 0 Å². The molecule has 0 N–H and O–H groups in total. The summed E-state index contributed by atoms with van der Waals surface area (Å²) in [6.07, 6.45) is 0. The lowest BCUT2D eigenvalue weighted by atomic mass is 10.1. The summed E-state index contributed by atoms with van der Waals surface area (Å²) in [7, 11) is 0.520. The average molecular weight is 417 g/mol. The number of hydrogen-bond acceptors (Lipinski definition) is 4. The molecule has 1 atom stereocenters. The van der Waals surface area contributed by atoms with Gasteiger partial charge >= 0.3 is 0 Å². The Morgan fingerprint density at radius 1 is 0.889 bits per heavy atom. The van der Waals surface area contributed by atoms with Crippen molar-refractivity contribution in [2.45, 2.75) is 28.7 Å². The largest absolute Gasteiger partial charge is 0.497 e. The van der Waals surface area contributed by atoms with E-state index in [1.165, 1.54) is 4.50 Å². The van der Waals surface area contributed by atoms with Gasteiger partial charge < -0.3 is 9.47 Å². The molecular formula is C21H24O3S2Si. The molecule has 142 valence electrons. The Hall–Kier alpha value is -1.89. The second kappa shape index (κ2) is 8.00. The van der Waals surface area contributed by atoms with Gasteiger partial charge in [0.2, 0.25) is 0 Å². The van der Waals surface area contributed by atoms with Crippen molar-refractivity contribution in [3.05, 3.63) is 54.6 Å². The molecule has 0 fully saturated rings. The van der Waals surface area contributed by atoms with Gasteiger partial charge in [0, 0.05) is 10.5 Å². The first-order valence-electron chi connectivity index (χ1n) is 8.68. The fraction of sp³-hybridized carbons (Fsp3) is 0.238. The number of rotatable bonds is 6. The summed E-state index contributed by atoms with van der Waals surface area (Å²) in [5.74, 6) is 1.56. The topological polar surface area (TPSA) is 35.5 Å². The molecule has 1 unspecified atom stereocenters.